The minimum absolute atomic E-state index is 0.0502. The van der Waals surface area contributed by atoms with Gasteiger partial charge in [0, 0.05) is 30.7 Å². The van der Waals surface area contributed by atoms with E-state index in [4.69, 9.17) is 0 Å². The highest BCUT2D eigenvalue weighted by atomic mass is 79.9. The average Bonchev–Trinajstić information content (AvgIpc) is 3.00. The number of rotatable bonds is 6. The number of hydrogen-bond donors (Lipinski definition) is 1. The zero-order valence-electron chi connectivity index (χ0n) is 12.6. The number of aromatic nitrogens is 3. The van der Waals surface area contributed by atoms with Crippen LogP contribution in [0.5, 0.6) is 0 Å². The summed E-state index contributed by atoms with van der Waals surface area (Å²) in [6.45, 7) is 0.782. The molecule has 3 rings (SSSR count). The summed E-state index contributed by atoms with van der Waals surface area (Å²) in [5.41, 5.74) is 1.86. The number of nitrogens with zero attached hydrogens (tertiary/aromatic N) is 4. The maximum atomic E-state index is 11.0. The molecule has 1 N–H and O–H groups in total. The molecule has 0 aliphatic rings. The quantitative estimate of drug-likeness (QED) is 0.511. The normalized spacial score (nSPS) is 10.5. The molecule has 2 aromatic heterocycles. The molecule has 0 spiro atoms. The third-order valence-electron chi connectivity index (χ3n) is 3.43. The van der Waals surface area contributed by atoms with Gasteiger partial charge in [0.2, 0.25) is 5.82 Å². The molecular weight excluding hydrogens is 374 g/mol. The molecule has 0 aliphatic carbocycles. The highest BCUT2D eigenvalue weighted by Crippen LogP contribution is 2.24. The fourth-order valence-electron chi connectivity index (χ4n) is 2.24. The maximum absolute atomic E-state index is 11.0. The molecular formula is C16H14BrN5O2. The molecule has 7 nitrogen and oxygen atoms in total. The van der Waals surface area contributed by atoms with Gasteiger partial charge in [-0.15, -0.1) is 0 Å². The average molecular weight is 388 g/mol. The Morgan fingerprint density at radius 3 is 2.71 bits per heavy atom. The van der Waals surface area contributed by atoms with Gasteiger partial charge in [-0.05, 0) is 46.1 Å². The Hall–Kier alpha value is -2.74. The molecule has 8 heteroatoms. The molecule has 2 heterocycles. The highest BCUT2D eigenvalue weighted by molar-refractivity contribution is 9.10. The van der Waals surface area contributed by atoms with Crippen LogP contribution in [0.2, 0.25) is 0 Å². The Balaban J connectivity index is 1.65. The van der Waals surface area contributed by atoms with E-state index in [1.54, 1.807) is 12.3 Å². The molecule has 1 aromatic carbocycles. The van der Waals surface area contributed by atoms with Crippen molar-refractivity contribution in [1.82, 2.24) is 14.8 Å². The van der Waals surface area contributed by atoms with Gasteiger partial charge >= 0.3 is 5.69 Å². The summed E-state index contributed by atoms with van der Waals surface area (Å²) in [6, 6.07) is 10.7. The first-order chi connectivity index (χ1) is 11.6. The number of aryl methyl sites for hydroxylation is 2. The minimum Gasteiger partial charge on any atom is -0.334 e. The summed E-state index contributed by atoms with van der Waals surface area (Å²) in [5.74, 6) is 0.233. The van der Waals surface area contributed by atoms with Crippen molar-refractivity contribution in [2.75, 3.05) is 5.32 Å². The molecule has 0 unspecified atom stereocenters. The summed E-state index contributed by atoms with van der Waals surface area (Å²) < 4.78 is 2.83. The number of halogens is 1. The first kappa shape index (κ1) is 16.1. The van der Waals surface area contributed by atoms with E-state index in [-0.39, 0.29) is 11.5 Å². The molecule has 24 heavy (non-hydrogen) atoms. The van der Waals surface area contributed by atoms with Gasteiger partial charge in [-0.3, -0.25) is 14.8 Å². The maximum Gasteiger partial charge on any atom is 0.311 e. The second kappa shape index (κ2) is 7.22. The lowest BCUT2D eigenvalue weighted by molar-refractivity contribution is -0.384. The van der Waals surface area contributed by atoms with Crippen LogP contribution >= 0.6 is 15.9 Å². The fourth-order valence-corrected chi connectivity index (χ4v) is 2.56. The second-order valence-corrected chi connectivity index (χ2v) is 6.04. The van der Waals surface area contributed by atoms with E-state index in [2.05, 4.69) is 31.3 Å². The number of hydrogen-bond acceptors (Lipinski definition) is 5. The lowest BCUT2D eigenvalue weighted by atomic mass is 10.1. The lowest BCUT2D eigenvalue weighted by Gasteiger charge is -2.07. The molecule has 0 fully saturated rings. The van der Waals surface area contributed by atoms with Crippen molar-refractivity contribution in [3.05, 3.63) is 75.1 Å². The van der Waals surface area contributed by atoms with E-state index < -0.39 is 4.92 Å². The van der Waals surface area contributed by atoms with Crippen LogP contribution < -0.4 is 5.32 Å². The van der Waals surface area contributed by atoms with E-state index in [9.17, 15) is 10.1 Å². The van der Waals surface area contributed by atoms with Crippen LogP contribution in [0, 0.1) is 10.1 Å². The van der Waals surface area contributed by atoms with Gasteiger partial charge in [-0.1, -0.05) is 12.1 Å². The fraction of sp³-hybridized carbons (Fsp3) is 0.125. The summed E-state index contributed by atoms with van der Waals surface area (Å²) in [7, 11) is 0. The topological polar surface area (TPSA) is 85.9 Å². The van der Waals surface area contributed by atoms with Crippen LogP contribution in [-0.4, -0.2) is 19.7 Å². The van der Waals surface area contributed by atoms with Crippen molar-refractivity contribution in [1.29, 1.82) is 0 Å². The van der Waals surface area contributed by atoms with Gasteiger partial charge in [0.15, 0.2) is 0 Å². The molecule has 0 bridgehead atoms. The summed E-state index contributed by atoms with van der Waals surface area (Å²) in [6.07, 6.45) is 6.05. The molecule has 0 aliphatic heterocycles. The van der Waals surface area contributed by atoms with Crippen molar-refractivity contribution in [3.8, 4) is 0 Å². The van der Waals surface area contributed by atoms with Gasteiger partial charge in [0.1, 0.15) is 0 Å². The van der Waals surface area contributed by atoms with Crippen molar-refractivity contribution in [2.24, 2.45) is 0 Å². The van der Waals surface area contributed by atoms with Crippen molar-refractivity contribution < 1.29 is 4.92 Å². The Labute approximate surface area is 146 Å². The van der Waals surface area contributed by atoms with Crippen LogP contribution in [0.1, 0.15) is 5.56 Å². The Morgan fingerprint density at radius 1 is 1.25 bits per heavy atom. The van der Waals surface area contributed by atoms with E-state index >= 15 is 0 Å². The number of pyridine rings is 1. The number of nitro groups is 1. The zero-order chi connectivity index (χ0) is 16.9. The zero-order valence-corrected chi connectivity index (χ0v) is 14.2. The van der Waals surface area contributed by atoms with Crippen LogP contribution in [0.15, 0.2) is 59.5 Å². The molecule has 0 radical (unpaired) electrons. The van der Waals surface area contributed by atoms with Crippen LogP contribution in [0.3, 0.4) is 0 Å². The summed E-state index contributed by atoms with van der Waals surface area (Å²) in [5, 5.41) is 18.2. The minimum atomic E-state index is -0.452. The Kier molecular flexibility index (Phi) is 4.85. The molecule has 122 valence electrons. The Bertz CT molecular complexity index is 848. The number of benzene rings is 1. The van der Waals surface area contributed by atoms with Gasteiger partial charge in [0.05, 0.1) is 15.6 Å². The largest absolute Gasteiger partial charge is 0.334 e. The van der Waals surface area contributed by atoms with E-state index in [1.807, 2.05) is 35.1 Å². The third-order valence-corrected chi connectivity index (χ3v) is 3.84. The number of anilines is 2. The third kappa shape index (κ3) is 3.96. The molecule has 0 atom stereocenters. The smallest absolute Gasteiger partial charge is 0.311 e. The Morgan fingerprint density at radius 2 is 2.04 bits per heavy atom. The predicted octanol–water partition coefficient (Wildman–Crippen LogP) is 3.94. The predicted molar refractivity (Wildman–Crippen MR) is 94.2 cm³/mol. The van der Waals surface area contributed by atoms with Crippen molar-refractivity contribution in [2.45, 2.75) is 13.0 Å². The first-order valence-corrected chi connectivity index (χ1v) is 8.04. The van der Waals surface area contributed by atoms with Crippen molar-refractivity contribution >= 4 is 33.1 Å². The SMILES string of the molecule is O=[N+]([O-])c1cccnc1Nc1ccc(CCn2cc(Br)cn2)cc1. The molecule has 0 saturated heterocycles. The summed E-state index contributed by atoms with van der Waals surface area (Å²) in [4.78, 5) is 14.6. The van der Waals surface area contributed by atoms with Crippen LogP contribution in [0.4, 0.5) is 17.2 Å². The lowest BCUT2D eigenvalue weighted by Crippen LogP contribution is -2.02. The highest BCUT2D eigenvalue weighted by Gasteiger charge is 2.13. The van der Waals surface area contributed by atoms with Gasteiger partial charge in [-0.25, -0.2) is 4.98 Å². The second-order valence-electron chi connectivity index (χ2n) is 5.12. The molecule has 0 amide bonds. The van der Waals surface area contributed by atoms with E-state index in [0.29, 0.717) is 0 Å². The van der Waals surface area contributed by atoms with Gasteiger partial charge in [0.25, 0.3) is 0 Å². The number of nitrogens with one attached hydrogen (secondary N) is 1. The van der Waals surface area contributed by atoms with Crippen molar-refractivity contribution in [3.63, 3.8) is 0 Å². The van der Waals surface area contributed by atoms with Crippen LogP contribution in [-0.2, 0) is 13.0 Å². The molecule has 0 saturated carbocycles. The van der Waals surface area contributed by atoms with E-state index in [1.165, 1.54) is 12.3 Å². The van der Waals surface area contributed by atoms with Gasteiger partial charge in [-0.2, -0.15) is 5.10 Å². The monoisotopic (exact) mass is 387 g/mol. The first-order valence-electron chi connectivity index (χ1n) is 7.25. The summed E-state index contributed by atoms with van der Waals surface area (Å²) >= 11 is 3.37. The van der Waals surface area contributed by atoms with Gasteiger partial charge < -0.3 is 5.32 Å². The molecule has 3 aromatic rings. The standard InChI is InChI=1S/C16H14BrN5O2/c17-13-10-19-21(11-13)9-7-12-3-5-14(6-4-12)20-16-15(22(23)24)2-1-8-18-16/h1-6,8,10-11H,7,9H2,(H,18,20). The van der Waals surface area contributed by atoms with Crippen LogP contribution in [0.25, 0.3) is 0 Å². The van der Waals surface area contributed by atoms with E-state index in [0.717, 1.165) is 28.7 Å².